The summed E-state index contributed by atoms with van der Waals surface area (Å²) in [6, 6.07) is -0.814. The summed E-state index contributed by atoms with van der Waals surface area (Å²) in [7, 11) is 0. The Balaban J connectivity index is 3.62. The van der Waals surface area contributed by atoms with Crippen LogP contribution in [-0.4, -0.2) is 46.1 Å². The molecule has 0 saturated carbocycles. The van der Waals surface area contributed by atoms with Crippen molar-refractivity contribution in [1.29, 1.82) is 0 Å². The van der Waals surface area contributed by atoms with Crippen molar-refractivity contribution in [2.45, 2.75) is 270 Å². The summed E-state index contributed by atoms with van der Waals surface area (Å²) in [5.41, 5.74) is 0. The lowest BCUT2D eigenvalue weighted by Crippen LogP contribution is -2.48. The molecule has 55 heavy (non-hydrogen) atoms. The van der Waals surface area contributed by atoms with Gasteiger partial charge in [-0.3, -0.25) is 4.79 Å². The van der Waals surface area contributed by atoms with Crippen molar-refractivity contribution in [2.75, 3.05) is 6.61 Å². The smallest absolute Gasteiger partial charge is 0.249 e. The summed E-state index contributed by atoms with van der Waals surface area (Å²) in [4.78, 5) is 12.5. The molecule has 0 spiro atoms. The quantitative estimate of drug-likeness (QED) is 0.0367. The van der Waals surface area contributed by atoms with Crippen LogP contribution in [0.1, 0.15) is 251 Å². The van der Waals surface area contributed by atoms with E-state index in [9.17, 15) is 20.1 Å². The van der Waals surface area contributed by atoms with Crippen LogP contribution in [0.3, 0.4) is 0 Å². The van der Waals surface area contributed by atoms with E-state index in [2.05, 4.69) is 43.5 Å². The predicted octanol–water partition coefficient (Wildman–Crippen LogP) is 14.3. The van der Waals surface area contributed by atoms with Gasteiger partial charge in [-0.15, -0.1) is 0 Å². The molecule has 0 rings (SSSR count). The average Bonchev–Trinajstić information content (AvgIpc) is 3.19. The number of carbonyl (C=O) groups excluding carboxylic acids is 1. The fraction of sp³-hybridized carbons (Fsp3) is 0.860. The van der Waals surface area contributed by atoms with Gasteiger partial charge in [0.05, 0.1) is 18.8 Å². The van der Waals surface area contributed by atoms with Crippen LogP contribution in [0.25, 0.3) is 0 Å². The molecule has 0 aliphatic heterocycles. The first-order valence-corrected chi connectivity index (χ1v) is 24.3. The van der Waals surface area contributed by atoms with Crippen molar-refractivity contribution in [3.8, 4) is 0 Å². The van der Waals surface area contributed by atoms with Crippen LogP contribution in [0, 0.1) is 0 Å². The van der Waals surface area contributed by atoms with E-state index in [4.69, 9.17) is 0 Å². The van der Waals surface area contributed by atoms with E-state index in [0.29, 0.717) is 6.42 Å². The molecule has 1 amide bonds. The number of rotatable bonds is 44. The van der Waals surface area contributed by atoms with Gasteiger partial charge in [-0.05, 0) is 57.8 Å². The maximum atomic E-state index is 12.5. The third kappa shape index (κ3) is 40.6. The van der Waals surface area contributed by atoms with Gasteiger partial charge in [0.1, 0.15) is 6.10 Å². The first-order valence-electron chi connectivity index (χ1n) is 24.3. The number of nitrogens with one attached hydrogen (secondary N) is 1. The van der Waals surface area contributed by atoms with Gasteiger partial charge in [-0.1, -0.05) is 230 Å². The lowest BCUT2D eigenvalue weighted by Gasteiger charge is -2.21. The van der Waals surface area contributed by atoms with Crippen molar-refractivity contribution < 1.29 is 20.1 Å². The Bertz CT molecular complexity index is 855. The van der Waals surface area contributed by atoms with E-state index >= 15 is 0 Å². The molecule has 0 aromatic heterocycles. The van der Waals surface area contributed by atoms with Crippen LogP contribution in [0.15, 0.2) is 36.5 Å². The number of aliphatic hydroxyl groups excluding tert-OH is 3. The Hall–Kier alpha value is -1.43. The monoisotopic (exact) mass is 774 g/mol. The molecule has 0 aromatic carbocycles. The highest BCUT2D eigenvalue weighted by Crippen LogP contribution is 2.15. The van der Waals surface area contributed by atoms with Gasteiger partial charge in [0.15, 0.2) is 0 Å². The highest BCUT2D eigenvalue weighted by Gasteiger charge is 2.22. The fourth-order valence-electron chi connectivity index (χ4n) is 7.37. The van der Waals surface area contributed by atoms with Crippen LogP contribution >= 0.6 is 0 Å². The molecule has 0 saturated heterocycles. The third-order valence-electron chi connectivity index (χ3n) is 11.2. The number of aliphatic hydroxyl groups is 3. The molecule has 0 bridgehead atoms. The molecule has 0 fully saturated rings. The van der Waals surface area contributed by atoms with E-state index in [1.54, 1.807) is 6.08 Å². The predicted molar refractivity (Wildman–Crippen MR) is 241 cm³/mol. The molecule has 3 atom stereocenters. The second-order valence-corrected chi connectivity index (χ2v) is 16.7. The largest absolute Gasteiger partial charge is 0.394 e. The van der Waals surface area contributed by atoms with Gasteiger partial charge in [0, 0.05) is 0 Å². The third-order valence-corrected chi connectivity index (χ3v) is 11.2. The minimum atomic E-state index is -1.11. The Labute approximate surface area is 343 Å². The standard InChI is InChI=1S/C50H95NO4/c1-3-5-7-9-11-13-15-17-19-20-21-22-23-24-25-26-27-28-29-31-33-35-37-39-41-43-45-49(54)50(55)51-47(46-52)48(53)44-42-40-38-36-34-32-30-18-16-14-12-10-8-6-4-2/h24-25,34,36,42,44,47-49,52-54H,3-23,26-33,35,37-41,43,45-46H2,1-2H3,(H,51,55)/b25-24-,36-34+,44-42+. The topological polar surface area (TPSA) is 89.8 Å². The van der Waals surface area contributed by atoms with Gasteiger partial charge in [0.25, 0.3) is 0 Å². The van der Waals surface area contributed by atoms with E-state index in [-0.39, 0.29) is 6.61 Å². The first-order chi connectivity index (χ1) is 27.1. The average molecular weight is 774 g/mol. The van der Waals surface area contributed by atoms with Gasteiger partial charge in [-0.25, -0.2) is 0 Å². The molecule has 0 heterocycles. The highest BCUT2D eigenvalue weighted by molar-refractivity contribution is 5.80. The summed E-state index contributed by atoms with van der Waals surface area (Å²) in [5, 5.41) is 33.2. The number of carbonyl (C=O) groups is 1. The minimum absolute atomic E-state index is 0.376. The normalized spacial score (nSPS) is 13.8. The number of unbranched alkanes of at least 4 members (excludes halogenated alkanes) is 32. The van der Waals surface area contributed by atoms with Gasteiger partial charge < -0.3 is 20.6 Å². The Kier molecular flexibility index (Phi) is 44.1. The van der Waals surface area contributed by atoms with E-state index < -0.39 is 24.2 Å². The fourth-order valence-corrected chi connectivity index (χ4v) is 7.37. The second kappa shape index (κ2) is 45.3. The SMILES string of the molecule is CCCCCCCCCCC/C=C/CC/C=C/C(O)C(CO)NC(=O)C(O)CCCCCCCCCCCC/C=C\CCCCCCCCCCCCCC. The molecule has 0 aliphatic rings. The molecule has 0 radical (unpaired) electrons. The zero-order valence-corrected chi connectivity index (χ0v) is 36.8. The van der Waals surface area contributed by atoms with Crippen LogP contribution in [0.5, 0.6) is 0 Å². The van der Waals surface area contributed by atoms with Crippen LogP contribution < -0.4 is 5.32 Å². The molecule has 5 heteroatoms. The number of allylic oxidation sites excluding steroid dienone is 5. The van der Waals surface area contributed by atoms with Crippen molar-refractivity contribution >= 4 is 5.91 Å². The minimum Gasteiger partial charge on any atom is -0.394 e. The van der Waals surface area contributed by atoms with Gasteiger partial charge >= 0.3 is 0 Å². The maximum Gasteiger partial charge on any atom is 0.249 e. The van der Waals surface area contributed by atoms with Crippen molar-refractivity contribution in [3.05, 3.63) is 36.5 Å². The van der Waals surface area contributed by atoms with Crippen molar-refractivity contribution in [1.82, 2.24) is 5.32 Å². The number of amides is 1. The van der Waals surface area contributed by atoms with E-state index in [0.717, 1.165) is 38.5 Å². The molecule has 3 unspecified atom stereocenters. The summed E-state index contributed by atoms with van der Waals surface area (Å²) in [5.74, 6) is -0.513. The summed E-state index contributed by atoms with van der Waals surface area (Å²) in [6.07, 6.45) is 57.7. The van der Waals surface area contributed by atoms with E-state index in [1.807, 2.05) is 6.08 Å². The van der Waals surface area contributed by atoms with Crippen LogP contribution in [0.2, 0.25) is 0 Å². The lowest BCUT2D eigenvalue weighted by molar-refractivity contribution is -0.131. The van der Waals surface area contributed by atoms with Crippen LogP contribution in [0.4, 0.5) is 0 Å². The van der Waals surface area contributed by atoms with Crippen molar-refractivity contribution in [2.24, 2.45) is 0 Å². The lowest BCUT2D eigenvalue weighted by atomic mass is 10.0. The zero-order chi connectivity index (χ0) is 40.1. The summed E-state index contributed by atoms with van der Waals surface area (Å²) >= 11 is 0. The molecular weight excluding hydrogens is 679 g/mol. The maximum absolute atomic E-state index is 12.5. The highest BCUT2D eigenvalue weighted by atomic mass is 16.3. The molecule has 0 aromatic rings. The molecular formula is C50H95NO4. The van der Waals surface area contributed by atoms with Gasteiger partial charge in [-0.2, -0.15) is 0 Å². The molecule has 4 N–H and O–H groups in total. The number of hydrogen-bond acceptors (Lipinski definition) is 4. The zero-order valence-electron chi connectivity index (χ0n) is 36.8. The van der Waals surface area contributed by atoms with Gasteiger partial charge in [0.2, 0.25) is 5.91 Å². The second-order valence-electron chi connectivity index (χ2n) is 16.7. The Morgan fingerprint density at radius 2 is 0.745 bits per heavy atom. The molecule has 5 nitrogen and oxygen atoms in total. The number of hydrogen-bond donors (Lipinski definition) is 4. The molecule has 0 aliphatic carbocycles. The summed E-state index contributed by atoms with van der Waals surface area (Å²) < 4.78 is 0. The molecule has 324 valence electrons. The summed E-state index contributed by atoms with van der Waals surface area (Å²) in [6.45, 7) is 4.18. The van der Waals surface area contributed by atoms with Crippen LogP contribution in [-0.2, 0) is 4.79 Å². The Morgan fingerprint density at radius 1 is 0.436 bits per heavy atom. The van der Waals surface area contributed by atoms with E-state index in [1.165, 1.54) is 193 Å². The van der Waals surface area contributed by atoms with Crippen molar-refractivity contribution in [3.63, 3.8) is 0 Å². The Morgan fingerprint density at radius 3 is 1.11 bits per heavy atom. The first kappa shape index (κ1) is 53.6.